The number of nitrogens with zero attached hydrogens (tertiary/aromatic N) is 4. The van der Waals surface area contributed by atoms with Crippen molar-refractivity contribution < 1.29 is 4.74 Å². The molecule has 0 aliphatic carbocycles. The van der Waals surface area contributed by atoms with E-state index in [2.05, 4.69) is 46.3 Å². The number of guanidine groups is 1. The lowest BCUT2D eigenvalue weighted by Crippen LogP contribution is -2.42. The molecule has 0 aliphatic heterocycles. The molecule has 0 bridgehead atoms. The SMILES string of the molecule is CN=C(NCC(c1ccc(OC)cc1)N(C)C)N(C)Cc1cc(Cl)cn1C. The maximum Gasteiger partial charge on any atom is 0.193 e. The van der Waals surface area contributed by atoms with Crippen LogP contribution in [-0.2, 0) is 13.6 Å². The maximum atomic E-state index is 6.09. The first-order valence-electron chi connectivity index (χ1n) is 8.88. The molecular weight excluding hydrogens is 362 g/mol. The smallest absolute Gasteiger partial charge is 0.193 e. The van der Waals surface area contributed by atoms with Crippen LogP contribution in [0.1, 0.15) is 17.3 Å². The largest absolute Gasteiger partial charge is 0.497 e. The quantitative estimate of drug-likeness (QED) is 0.582. The maximum absolute atomic E-state index is 6.09. The summed E-state index contributed by atoms with van der Waals surface area (Å²) >= 11 is 6.09. The predicted molar refractivity (Wildman–Crippen MR) is 113 cm³/mol. The number of ether oxygens (including phenoxy) is 1. The van der Waals surface area contributed by atoms with Crippen LogP contribution in [0.25, 0.3) is 0 Å². The number of hydrogen-bond acceptors (Lipinski definition) is 3. The summed E-state index contributed by atoms with van der Waals surface area (Å²) in [5, 5.41) is 4.23. The lowest BCUT2D eigenvalue weighted by molar-refractivity contribution is 0.295. The van der Waals surface area contributed by atoms with Crippen LogP contribution in [0.5, 0.6) is 5.75 Å². The molecule has 1 N–H and O–H groups in total. The van der Waals surface area contributed by atoms with Crippen molar-refractivity contribution in [3.8, 4) is 5.75 Å². The highest BCUT2D eigenvalue weighted by atomic mass is 35.5. The molecule has 0 saturated carbocycles. The lowest BCUT2D eigenvalue weighted by Gasteiger charge is -2.28. The summed E-state index contributed by atoms with van der Waals surface area (Å²) in [6, 6.07) is 10.4. The van der Waals surface area contributed by atoms with Crippen LogP contribution in [0.2, 0.25) is 5.02 Å². The Morgan fingerprint density at radius 3 is 2.41 bits per heavy atom. The van der Waals surface area contributed by atoms with E-state index >= 15 is 0 Å². The Hall–Kier alpha value is -2.18. The van der Waals surface area contributed by atoms with E-state index in [9.17, 15) is 0 Å². The molecule has 0 radical (unpaired) electrons. The fourth-order valence-electron chi connectivity index (χ4n) is 3.04. The van der Waals surface area contributed by atoms with E-state index in [1.54, 1.807) is 14.2 Å². The van der Waals surface area contributed by atoms with E-state index < -0.39 is 0 Å². The number of benzene rings is 1. The highest BCUT2D eigenvalue weighted by Gasteiger charge is 2.16. The van der Waals surface area contributed by atoms with Crippen molar-refractivity contribution in [2.75, 3.05) is 41.8 Å². The molecule has 2 aromatic rings. The third-order valence-electron chi connectivity index (χ3n) is 4.62. The van der Waals surface area contributed by atoms with Gasteiger partial charge < -0.3 is 24.4 Å². The van der Waals surface area contributed by atoms with Crippen LogP contribution >= 0.6 is 11.6 Å². The van der Waals surface area contributed by atoms with Crippen molar-refractivity contribution in [2.24, 2.45) is 12.0 Å². The molecule has 0 fully saturated rings. The Bertz CT molecular complexity index is 754. The van der Waals surface area contributed by atoms with Gasteiger partial charge in [0.2, 0.25) is 0 Å². The van der Waals surface area contributed by atoms with Crippen LogP contribution in [-0.4, -0.2) is 62.2 Å². The predicted octanol–water partition coefficient (Wildman–Crippen LogP) is 3.00. The van der Waals surface area contributed by atoms with Gasteiger partial charge in [-0.25, -0.2) is 0 Å². The minimum absolute atomic E-state index is 0.213. The molecule has 1 aromatic heterocycles. The van der Waals surface area contributed by atoms with E-state index in [4.69, 9.17) is 16.3 Å². The van der Waals surface area contributed by atoms with Gasteiger partial charge in [-0.2, -0.15) is 0 Å². The van der Waals surface area contributed by atoms with Crippen LogP contribution < -0.4 is 10.1 Å². The van der Waals surface area contributed by atoms with Gasteiger partial charge in [0, 0.05) is 39.6 Å². The molecule has 1 unspecified atom stereocenters. The van der Waals surface area contributed by atoms with Crippen molar-refractivity contribution in [2.45, 2.75) is 12.6 Å². The number of likely N-dealkylation sites (N-methyl/N-ethyl adjacent to an activating group) is 1. The molecule has 6 nitrogen and oxygen atoms in total. The summed E-state index contributed by atoms with van der Waals surface area (Å²) in [6.45, 7) is 1.46. The first kappa shape index (κ1) is 21.1. The molecular formula is C20H30ClN5O. The van der Waals surface area contributed by atoms with Crippen LogP contribution in [0, 0.1) is 0 Å². The van der Waals surface area contributed by atoms with E-state index in [-0.39, 0.29) is 6.04 Å². The van der Waals surface area contributed by atoms with Crippen molar-refractivity contribution in [1.82, 2.24) is 19.7 Å². The van der Waals surface area contributed by atoms with Crippen molar-refractivity contribution in [3.63, 3.8) is 0 Å². The fourth-order valence-corrected chi connectivity index (χ4v) is 3.31. The van der Waals surface area contributed by atoms with Gasteiger partial charge in [-0.1, -0.05) is 23.7 Å². The standard InChI is InChI=1S/C20H30ClN5O/c1-22-20(26(5)14-17-11-16(21)13-25(17)4)23-12-19(24(2)3)15-7-9-18(27-6)10-8-15/h7-11,13,19H,12,14H2,1-6H3,(H,22,23). The first-order valence-corrected chi connectivity index (χ1v) is 9.26. The number of nitrogens with one attached hydrogen (secondary N) is 1. The van der Waals surface area contributed by atoms with Gasteiger partial charge in [0.25, 0.3) is 0 Å². The highest BCUT2D eigenvalue weighted by molar-refractivity contribution is 6.30. The van der Waals surface area contributed by atoms with Gasteiger partial charge in [-0.05, 0) is 37.9 Å². The van der Waals surface area contributed by atoms with Gasteiger partial charge in [0.1, 0.15) is 5.75 Å². The molecule has 2 rings (SSSR count). The Morgan fingerprint density at radius 1 is 1.26 bits per heavy atom. The van der Waals surface area contributed by atoms with Crippen molar-refractivity contribution in [3.05, 3.63) is 52.8 Å². The van der Waals surface area contributed by atoms with E-state index in [1.165, 1.54) is 5.56 Å². The first-order chi connectivity index (χ1) is 12.8. The molecule has 0 spiro atoms. The van der Waals surface area contributed by atoms with Crippen molar-refractivity contribution >= 4 is 17.6 Å². The highest BCUT2D eigenvalue weighted by Crippen LogP contribution is 2.21. The molecule has 27 heavy (non-hydrogen) atoms. The van der Waals surface area contributed by atoms with Gasteiger partial charge >= 0.3 is 0 Å². The second-order valence-electron chi connectivity index (χ2n) is 6.80. The Labute approximate surface area is 167 Å². The number of halogens is 1. The number of methoxy groups -OCH3 is 1. The summed E-state index contributed by atoms with van der Waals surface area (Å²) in [6.07, 6.45) is 1.91. The Kier molecular flexibility index (Phi) is 7.56. The second-order valence-corrected chi connectivity index (χ2v) is 7.23. The van der Waals surface area contributed by atoms with E-state index in [1.807, 2.05) is 43.1 Å². The zero-order valence-electron chi connectivity index (χ0n) is 17.0. The van der Waals surface area contributed by atoms with Gasteiger partial charge in [0.15, 0.2) is 5.96 Å². The molecule has 0 aliphatic rings. The molecule has 148 valence electrons. The van der Waals surface area contributed by atoms with Crippen LogP contribution in [0.4, 0.5) is 0 Å². The van der Waals surface area contributed by atoms with Gasteiger partial charge in [-0.15, -0.1) is 0 Å². The fraction of sp³-hybridized carbons (Fsp3) is 0.450. The topological polar surface area (TPSA) is 45.0 Å². The number of rotatable bonds is 7. The van der Waals surface area contributed by atoms with Crippen molar-refractivity contribution in [1.29, 1.82) is 0 Å². The number of hydrogen-bond donors (Lipinski definition) is 1. The molecule has 1 heterocycles. The summed E-state index contributed by atoms with van der Waals surface area (Å²) in [5.74, 6) is 1.70. The second kappa shape index (κ2) is 9.67. The van der Waals surface area contributed by atoms with Gasteiger partial charge in [0.05, 0.1) is 24.7 Å². The minimum Gasteiger partial charge on any atom is -0.497 e. The van der Waals surface area contributed by atoms with Gasteiger partial charge in [-0.3, -0.25) is 4.99 Å². The zero-order valence-corrected chi connectivity index (χ0v) is 17.8. The third-order valence-corrected chi connectivity index (χ3v) is 4.83. The molecule has 0 saturated heterocycles. The number of aryl methyl sites for hydroxylation is 1. The normalized spacial score (nSPS) is 13.0. The molecule has 7 heteroatoms. The minimum atomic E-state index is 0.213. The number of aliphatic imine (C=N–C) groups is 1. The van der Waals surface area contributed by atoms with Crippen LogP contribution in [0.15, 0.2) is 41.5 Å². The van der Waals surface area contributed by atoms with Crippen LogP contribution in [0.3, 0.4) is 0 Å². The summed E-state index contributed by atoms with van der Waals surface area (Å²) in [4.78, 5) is 8.71. The summed E-state index contributed by atoms with van der Waals surface area (Å²) in [7, 11) is 11.7. The lowest BCUT2D eigenvalue weighted by atomic mass is 10.1. The van der Waals surface area contributed by atoms with E-state index in [0.29, 0.717) is 0 Å². The average molecular weight is 392 g/mol. The average Bonchev–Trinajstić information content (AvgIpc) is 2.95. The molecule has 1 aromatic carbocycles. The molecule has 0 amide bonds. The molecule has 1 atom stereocenters. The zero-order chi connectivity index (χ0) is 20.0. The summed E-state index contributed by atoms with van der Waals surface area (Å²) in [5.41, 5.74) is 2.35. The Morgan fingerprint density at radius 2 is 1.93 bits per heavy atom. The third kappa shape index (κ3) is 5.65. The monoisotopic (exact) mass is 391 g/mol. The Balaban J connectivity index is 2.03. The van der Waals surface area contributed by atoms with E-state index in [0.717, 1.165) is 35.5 Å². The number of aromatic nitrogens is 1. The summed E-state index contributed by atoms with van der Waals surface area (Å²) < 4.78 is 7.29.